The number of carboxylic acids is 1. The largest absolute Gasteiger partial charge is 0.478 e. The van der Waals surface area contributed by atoms with Gasteiger partial charge in [0.05, 0.1) is 33.3 Å². The summed E-state index contributed by atoms with van der Waals surface area (Å²) >= 11 is 12.0. The molecule has 0 aromatic heterocycles. The van der Waals surface area contributed by atoms with Gasteiger partial charge in [0.15, 0.2) is 0 Å². The van der Waals surface area contributed by atoms with Gasteiger partial charge in [-0.05, 0) is 43.7 Å². The summed E-state index contributed by atoms with van der Waals surface area (Å²) in [5.41, 5.74) is 4.53. The van der Waals surface area contributed by atoms with Crippen molar-refractivity contribution in [2.45, 2.75) is 25.9 Å². The molecule has 7 nitrogen and oxygen atoms in total. The number of carboxylic acid groups (broad SMARTS) is 1. The number of benzene rings is 2. The van der Waals surface area contributed by atoms with Gasteiger partial charge in [0.1, 0.15) is 5.75 Å². The zero-order chi connectivity index (χ0) is 22.0. The van der Waals surface area contributed by atoms with Gasteiger partial charge in [-0.25, -0.2) is 10.2 Å². The van der Waals surface area contributed by atoms with Gasteiger partial charge in [0.25, 0.3) is 5.91 Å². The van der Waals surface area contributed by atoms with Crippen LogP contribution in [0.15, 0.2) is 53.9 Å². The number of aromatic carboxylic acids is 1. The number of hydrogen-bond donors (Lipinski definition) is 3. The first-order valence-electron chi connectivity index (χ1n) is 9.18. The summed E-state index contributed by atoms with van der Waals surface area (Å²) < 4.78 is 5.93. The molecule has 0 fully saturated rings. The summed E-state index contributed by atoms with van der Waals surface area (Å²) in [4.78, 5) is 24.0. The number of rotatable bonds is 6. The van der Waals surface area contributed by atoms with Crippen LogP contribution in [0.3, 0.4) is 0 Å². The maximum Gasteiger partial charge on any atom is 0.335 e. The number of ether oxygens (including phenoxy) is 1. The maximum absolute atomic E-state index is 13.0. The van der Waals surface area contributed by atoms with Gasteiger partial charge in [0.2, 0.25) is 5.88 Å². The summed E-state index contributed by atoms with van der Waals surface area (Å²) in [6.07, 6.45) is 0. The smallest absolute Gasteiger partial charge is 0.335 e. The number of nitrogens with one attached hydrogen (secondary N) is 2. The number of amides is 1. The molecular weight excluding hydrogens is 429 g/mol. The van der Waals surface area contributed by atoms with Crippen LogP contribution in [0.25, 0.3) is 0 Å². The molecule has 2 aromatic rings. The van der Waals surface area contributed by atoms with Gasteiger partial charge in [-0.15, -0.1) is 0 Å². The summed E-state index contributed by atoms with van der Waals surface area (Å²) in [6, 6.07) is 10.6. The molecule has 9 heteroatoms. The van der Waals surface area contributed by atoms with E-state index in [2.05, 4.69) is 10.7 Å². The van der Waals surface area contributed by atoms with E-state index in [4.69, 9.17) is 33.0 Å². The van der Waals surface area contributed by atoms with Gasteiger partial charge in [-0.2, -0.15) is 0 Å². The molecule has 0 aliphatic carbocycles. The van der Waals surface area contributed by atoms with Crippen LogP contribution in [0, 0.1) is 0 Å². The van der Waals surface area contributed by atoms with E-state index < -0.39 is 5.97 Å². The van der Waals surface area contributed by atoms with Crippen molar-refractivity contribution < 1.29 is 19.4 Å². The highest BCUT2D eigenvalue weighted by Gasteiger charge is 2.33. The second kappa shape index (κ2) is 8.95. The Balaban J connectivity index is 1.81. The first kappa shape index (κ1) is 22.0. The molecule has 1 aliphatic rings. The van der Waals surface area contributed by atoms with E-state index in [0.29, 0.717) is 27.3 Å². The van der Waals surface area contributed by atoms with E-state index in [1.54, 1.807) is 42.4 Å². The Morgan fingerprint density at radius 1 is 1.17 bits per heavy atom. The molecular formula is C21H21Cl2N3O4. The lowest BCUT2D eigenvalue weighted by Gasteiger charge is -2.18. The molecule has 2 atom stereocenters. The van der Waals surface area contributed by atoms with Gasteiger partial charge in [-0.1, -0.05) is 35.3 Å². The molecule has 0 saturated carbocycles. The maximum atomic E-state index is 13.0. The second-order valence-corrected chi connectivity index (χ2v) is 7.74. The quantitative estimate of drug-likeness (QED) is 0.617. The van der Waals surface area contributed by atoms with Crippen LogP contribution < -0.4 is 15.5 Å². The molecule has 0 radical (unpaired) electrons. The van der Waals surface area contributed by atoms with Crippen LogP contribution >= 0.6 is 23.2 Å². The molecule has 1 unspecified atom stereocenters. The van der Waals surface area contributed by atoms with Crippen LogP contribution in [0.2, 0.25) is 10.0 Å². The Labute approximate surface area is 184 Å². The highest BCUT2D eigenvalue weighted by atomic mass is 35.5. The van der Waals surface area contributed by atoms with E-state index in [1.807, 2.05) is 13.8 Å². The number of nitrogens with zero attached hydrogens (tertiary/aromatic N) is 1. The summed E-state index contributed by atoms with van der Waals surface area (Å²) in [7, 11) is 1.75. The average molecular weight is 450 g/mol. The van der Waals surface area contributed by atoms with Crippen LogP contribution in [0.1, 0.15) is 35.8 Å². The van der Waals surface area contributed by atoms with E-state index in [-0.39, 0.29) is 23.6 Å². The van der Waals surface area contributed by atoms with Crippen molar-refractivity contribution in [1.82, 2.24) is 15.8 Å². The number of carbonyl (C=O) groups excluding carboxylic acids is 1. The van der Waals surface area contributed by atoms with Crippen molar-refractivity contribution in [1.29, 1.82) is 0 Å². The highest BCUT2D eigenvalue weighted by molar-refractivity contribution is 6.42. The molecule has 2 aromatic carbocycles. The predicted molar refractivity (Wildman–Crippen MR) is 114 cm³/mol. The van der Waals surface area contributed by atoms with E-state index in [9.17, 15) is 9.59 Å². The Morgan fingerprint density at radius 3 is 2.43 bits per heavy atom. The summed E-state index contributed by atoms with van der Waals surface area (Å²) in [5.74, 6) is -0.498. The van der Waals surface area contributed by atoms with E-state index in [0.717, 1.165) is 5.56 Å². The topological polar surface area (TPSA) is 90.9 Å². The molecule has 0 spiro atoms. The highest BCUT2D eigenvalue weighted by Crippen LogP contribution is 2.30. The fourth-order valence-electron chi connectivity index (χ4n) is 3.12. The van der Waals surface area contributed by atoms with Crippen LogP contribution in [-0.4, -0.2) is 35.1 Å². The predicted octanol–water partition coefficient (Wildman–Crippen LogP) is 4.00. The Hall–Kier alpha value is -2.74. The number of halogens is 2. The molecule has 30 heavy (non-hydrogen) atoms. The van der Waals surface area contributed by atoms with Gasteiger partial charge >= 0.3 is 5.97 Å². The van der Waals surface area contributed by atoms with Crippen molar-refractivity contribution in [2.75, 3.05) is 7.05 Å². The third-order valence-electron chi connectivity index (χ3n) is 4.71. The zero-order valence-electron chi connectivity index (χ0n) is 16.6. The zero-order valence-corrected chi connectivity index (χ0v) is 18.1. The van der Waals surface area contributed by atoms with E-state index in [1.165, 1.54) is 12.1 Å². The Bertz CT molecular complexity index is 1010. The minimum atomic E-state index is -0.999. The summed E-state index contributed by atoms with van der Waals surface area (Å²) in [6.45, 7) is 3.67. The lowest BCUT2D eigenvalue weighted by atomic mass is 10.0. The van der Waals surface area contributed by atoms with Gasteiger partial charge in [0, 0.05) is 13.1 Å². The molecule has 1 amide bonds. The number of carbonyl (C=O) groups is 2. The number of hydrazine groups is 1. The van der Waals surface area contributed by atoms with Crippen LogP contribution in [0.5, 0.6) is 5.75 Å². The molecule has 1 aliphatic heterocycles. The minimum absolute atomic E-state index is 0.188. The van der Waals surface area contributed by atoms with Crippen molar-refractivity contribution in [2.24, 2.45) is 0 Å². The normalized spacial score (nSPS) is 17.1. The molecule has 0 bridgehead atoms. The monoisotopic (exact) mass is 449 g/mol. The fraction of sp³-hybridized carbons (Fsp3) is 0.238. The SMILES string of the molecule is CC1NN(C)C(Oc2ccc(Cl)c(Cl)c2)=C1C(=O)N[C@@H](C)c1ccc(C(=O)O)cc1. The molecule has 3 N–H and O–H groups in total. The molecule has 158 valence electrons. The molecule has 0 saturated heterocycles. The molecule has 1 heterocycles. The van der Waals surface area contributed by atoms with Gasteiger partial charge in [-0.3, -0.25) is 9.80 Å². The van der Waals surface area contributed by atoms with Crippen LogP contribution in [-0.2, 0) is 4.79 Å². The number of hydrogen-bond acceptors (Lipinski definition) is 5. The van der Waals surface area contributed by atoms with Gasteiger partial charge < -0.3 is 15.2 Å². The van der Waals surface area contributed by atoms with E-state index >= 15 is 0 Å². The Morgan fingerprint density at radius 2 is 1.83 bits per heavy atom. The first-order valence-corrected chi connectivity index (χ1v) is 9.94. The minimum Gasteiger partial charge on any atom is -0.478 e. The van der Waals surface area contributed by atoms with Crippen molar-refractivity contribution in [3.05, 3.63) is 75.1 Å². The average Bonchev–Trinajstić information content (AvgIpc) is 2.97. The second-order valence-electron chi connectivity index (χ2n) is 6.93. The van der Waals surface area contributed by atoms with Crippen molar-refractivity contribution >= 4 is 35.1 Å². The fourth-order valence-corrected chi connectivity index (χ4v) is 3.41. The first-order chi connectivity index (χ1) is 14.2. The standard InChI is InChI=1S/C21H21Cl2N3O4/c1-11(13-4-6-14(7-5-13)21(28)29)24-19(27)18-12(2)25-26(3)20(18)30-15-8-9-16(22)17(23)10-15/h4-12,25H,1-3H3,(H,24,27)(H,28,29)/t11-,12?/m0/s1. The third-order valence-corrected chi connectivity index (χ3v) is 5.45. The third kappa shape index (κ3) is 4.70. The van der Waals surface area contributed by atoms with Crippen LogP contribution in [0.4, 0.5) is 0 Å². The lowest BCUT2D eigenvalue weighted by Crippen LogP contribution is -2.36. The van der Waals surface area contributed by atoms with Crippen molar-refractivity contribution in [3.63, 3.8) is 0 Å². The summed E-state index contributed by atoms with van der Waals surface area (Å²) in [5, 5.41) is 14.3. The lowest BCUT2D eigenvalue weighted by molar-refractivity contribution is -0.118. The van der Waals surface area contributed by atoms with Crippen molar-refractivity contribution in [3.8, 4) is 5.75 Å². The molecule has 3 rings (SSSR count). The Kier molecular flexibility index (Phi) is 6.55.